The number of carbonyl (C=O) groups is 1. The first-order valence-corrected chi connectivity index (χ1v) is 6.85. The Hall–Kier alpha value is -1.95. The second-order valence-electron chi connectivity index (χ2n) is 5.22. The van der Waals surface area contributed by atoms with Crippen LogP contribution in [0.25, 0.3) is 0 Å². The van der Waals surface area contributed by atoms with E-state index in [4.69, 9.17) is 4.84 Å². The summed E-state index contributed by atoms with van der Waals surface area (Å²) in [6, 6.07) is 9.64. The molecule has 2 atom stereocenters. The minimum atomic E-state index is -0.142. The number of benzene rings is 1. The van der Waals surface area contributed by atoms with Crippen LogP contribution in [0.4, 0.5) is 4.79 Å². The van der Waals surface area contributed by atoms with Gasteiger partial charge in [0.05, 0.1) is 12.1 Å². The molecule has 2 amide bonds. The van der Waals surface area contributed by atoms with Crippen LogP contribution >= 0.6 is 0 Å². The molecule has 2 heterocycles. The van der Waals surface area contributed by atoms with Gasteiger partial charge in [-0.25, -0.2) is 4.79 Å². The summed E-state index contributed by atoms with van der Waals surface area (Å²) < 4.78 is 0. The third-order valence-electron chi connectivity index (χ3n) is 3.95. The second-order valence-corrected chi connectivity index (χ2v) is 5.22. The highest BCUT2D eigenvalue weighted by Crippen LogP contribution is 2.30. The number of rotatable bonds is 5. The average Bonchev–Trinajstić information content (AvgIpc) is 2.73. The average molecular weight is 275 g/mol. The van der Waals surface area contributed by atoms with Gasteiger partial charge in [0.25, 0.3) is 0 Å². The van der Waals surface area contributed by atoms with Gasteiger partial charge in [0.1, 0.15) is 13.2 Å². The fourth-order valence-electron chi connectivity index (χ4n) is 2.87. The van der Waals surface area contributed by atoms with Gasteiger partial charge < -0.3 is 4.90 Å². The zero-order valence-corrected chi connectivity index (χ0v) is 11.1. The molecule has 2 aliphatic heterocycles. The summed E-state index contributed by atoms with van der Waals surface area (Å²) in [5.74, 6) is 0. The van der Waals surface area contributed by atoms with Crippen molar-refractivity contribution in [3.63, 3.8) is 0 Å². The van der Waals surface area contributed by atoms with Crippen LogP contribution in [0, 0.1) is 4.91 Å². The maximum Gasteiger partial charge on any atom is 0.344 e. The SMILES string of the molecule is O=NCC1CCC2CN1C(=O)N2OCc1ccccc1. The van der Waals surface area contributed by atoms with Gasteiger partial charge in [-0.3, -0.25) is 4.84 Å². The van der Waals surface area contributed by atoms with Crippen molar-refractivity contribution in [1.29, 1.82) is 0 Å². The van der Waals surface area contributed by atoms with Crippen LogP contribution in [-0.2, 0) is 11.4 Å². The predicted octanol–water partition coefficient (Wildman–Crippen LogP) is 2.15. The molecule has 6 nitrogen and oxygen atoms in total. The number of hydrogen-bond acceptors (Lipinski definition) is 4. The molecule has 0 aliphatic carbocycles. The maximum atomic E-state index is 12.3. The van der Waals surface area contributed by atoms with Gasteiger partial charge in [-0.05, 0) is 18.4 Å². The van der Waals surface area contributed by atoms with E-state index in [2.05, 4.69) is 5.18 Å². The van der Waals surface area contributed by atoms with E-state index in [1.165, 1.54) is 5.06 Å². The van der Waals surface area contributed by atoms with E-state index in [1.54, 1.807) is 4.90 Å². The van der Waals surface area contributed by atoms with Gasteiger partial charge >= 0.3 is 6.03 Å². The number of hydrogen-bond donors (Lipinski definition) is 0. The Balaban J connectivity index is 1.64. The summed E-state index contributed by atoms with van der Waals surface area (Å²) >= 11 is 0. The lowest BCUT2D eigenvalue weighted by Crippen LogP contribution is -2.41. The number of fused-ring (bicyclic) bond motifs is 2. The number of nitroso groups, excluding NO2 is 1. The Bertz CT molecular complexity index is 494. The van der Waals surface area contributed by atoms with Gasteiger partial charge in [0.15, 0.2) is 0 Å². The number of piperidine rings is 1. The van der Waals surface area contributed by atoms with Gasteiger partial charge in [-0.2, -0.15) is 9.97 Å². The molecule has 2 fully saturated rings. The number of carbonyl (C=O) groups excluding carboxylic acids is 1. The van der Waals surface area contributed by atoms with Crippen molar-refractivity contribution in [1.82, 2.24) is 9.96 Å². The maximum absolute atomic E-state index is 12.3. The predicted molar refractivity (Wildman–Crippen MR) is 72.6 cm³/mol. The van der Waals surface area contributed by atoms with Crippen molar-refractivity contribution in [3.05, 3.63) is 40.8 Å². The van der Waals surface area contributed by atoms with Crippen LogP contribution in [0.2, 0.25) is 0 Å². The summed E-state index contributed by atoms with van der Waals surface area (Å²) in [7, 11) is 0. The summed E-state index contributed by atoms with van der Waals surface area (Å²) in [5, 5.41) is 4.40. The molecule has 0 radical (unpaired) electrons. The lowest BCUT2D eigenvalue weighted by Gasteiger charge is -2.28. The molecule has 0 saturated carbocycles. The number of nitrogens with zero attached hydrogens (tertiary/aromatic N) is 3. The second kappa shape index (κ2) is 5.58. The van der Waals surface area contributed by atoms with Crippen molar-refractivity contribution in [3.8, 4) is 0 Å². The minimum Gasteiger partial charge on any atom is -0.316 e. The Morgan fingerprint density at radius 2 is 2.05 bits per heavy atom. The van der Waals surface area contributed by atoms with E-state index >= 15 is 0 Å². The zero-order valence-electron chi connectivity index (χ0n) is 11.1. The van der Waals surface area contributed by atoms with Crippen molar-refractivity contribution < 1.29 is 9.63 Å². The van der Waals surface area contributed by atoms with Crippen molar-refractivity contribution in [2.45, 2.75) is 31.5 Å². The molecule has 0 spiro atoms. The van der Waals surface area contributed by atoms with Crippen LogP contribution in [0.15, 0.2) is 35.5 Å². The summed E-state index contributed by atoms with van der Waals surface area (Å²) in [4.78, 5) is 30.1. The van der Waals surface area contributed by atoms with Gasteiger partial charge in [0, 0.05) is 6.54 Å². The molecule has 0 aromatic heterocycles. The Morgan fingerprint density at radius 3 is 2.80 bits per heavy atom. The molecule has 106 valence electrons. The largest absolute Gasteiger partial charge is 0.344 e. The topological polar surface area (TPSA) is 62.2 Å². The third kappa shape index (κ3) is 2.38. The molecular weight excluding hydrogens is 258 g/mol. The van der Waals surface area contributed by atoms with E-state index < -0.39 is 0 Å². The number of urea groups is 1. The number of hydroxylamine groups is 2. The zero-order chi connectivity index (χ0) is 13.9. The van der Waals surface area contributed by atoms with E-state index in [0.717, 1.165) is 18.4 Å². The summed E-state index contributed by atoms with van der Waals surface area (Å²) in [6.07, 6.45) is 1.67. The van der Waals surface area contributed by atoms with Crippen LogP contribution in [-0.4, -0.2) is 41.2 Å². The quantitative estimate of drug-likeness (QED) is 0.773. The van der Waals surface area contributed by atoms with Crippen LogP contribution in [0.5, 0.6) is 0 Å². The van der Waals surface area contributed by atoms with Crippen molar-refractivity contribution in [2.24, 2.45) is 5.18 Å². The lowest BCUT2D eigenvalue weighted by atomic mass is 10.0. The molecule has 2 bridgehead atoms. The standard InChI is InChI=1S/C14H17N3O3/c18-14-16-9-13(7-6-12(16)8-15-19)17(14)20-10-11-4-2-1-3-5-11/h1-5,12-13H,6-10H2. The van der Waals surface area contributed by atoms with E-state index in [-0.39, 0.29) is 24.7 Å². The Labute approximate surface area is 117 Å². The minimum absolute atomic E-state index is 0.0680. The van der Waals surface area contributed by atoms with Gasteiger partial charge in [-0.15, -0.1) is 0 Å². The van der Waals surface area contributed by atoms with Crippen molar-refractivity contribution in [2.75, 3.05) is 13.1 Å². The van der Waals surface area contributed by atoms with Gasteiger partial charge in [-0.1, -0.05) is 35.5 Å². The number of amides is 2. The highest BCUT2D eigenvalue weighted by atomic mass is 16.7. The summed E-state index contributed by atoms with van der Waals surface area (Å²) in [5.41, 5.74) is 1.03. The normalized spacial score (nSPS) is 25.1. The monoisotopic (exact) mass is 275 g/mol. The molecule has 2 unspecified atom stereocenters. The highest BCUT2D eigenvalue weighted by Gasteiger charge is 2.45. The van der Waals surface area contributed by atoms with Crippen molar-refractivity contribution >= 4 is 6.03 Å². The molecule has 3 rings (SSSR count). The Morgan fingerprint density at radius 1 is 1.25 bits per heavy atom. The smallest absolute Gasteiger partial charge is 0.316 e. The lowest BCUT2D eigenvalue weighted by molar-refractivity contribution is -0.140. The van der Waals surface area contributed by atoms with E-state index in [0.29, 0.717) is 13.2 Å². The first-order valence-electron chi connectivity index (χ1n) is 6.85. The molecular formula is C14H17N3O3. The molecule has 2 aliphatic rings. The van der Waals surface area contributed by atoms with Crippen LogP contribution in [0.1, 0.15) is 18.4 Å². The van der Waals surface area contributed by atoms with E-state index in [9.17, 15) is 9.70 Å². The molecule has 0 N–H and O–H groups in total. The molecule has 1 aromatic carbocycles. The summed E-state index contributed by atoms with van der Waals surface area (Å²) in [6.45, 7) is 1.19. The fourth-order valence-corrected chi connectivity index (χ4v) is 2.87. The highest BCUT2D eigenvalue weighted by molar-refractivity contribution is 5.77. The molecule has 6 heteroatoms. The van der Waals surface area contributed by atoms with Crippen LogP contribution in [0.3, 0.4) is 0 Å². The molecule has 20 heavy (non-hydrogen) atoms. The fraction of sp³-hybridized carbons (Fsp3) is 0.500. The Kier molecular flexibility index (Phi) is 3.64. The molecule has 1 aromatic rings. The van der Waals surface area contributed by atoms with Crippen LogP contribution < -0.4 is 0 Å². The van der Waals surface area contributed by atoms with Gasteiger partial charge in [0.2, 0.25) is 0 Å². The third-order valence-corrected chi connectivity index (χ3v) is 3.95. The molecule has 2 saturated heterocycles. The first-order chi connectivity index (χ1) is 9.79. The van der Waals surface area contributed by atoms with E-state index in [1.807, 2.05) is 30.3 Å². The first kappa shape index (κ1) is 13.1.